The zero-order valence-corrected chi connectivity index (χ0v) is 11.8. The molecule has 19 heavy (non-hydrogen) atoms. The van der Waals surface area contributed by atoms with E-state index in [4.69, 9.17) is 0 Å². The number of hydrogen-bond donors (Lipinski definition) is 1. The third-order valence-corrected chi connectivity index (χ3v) is 4.79. The van der Waals surface area contributed by atoms with Crippen molar-refractivity contribution in [2.75, 3.05) is 6.54 Å². The first kappa shape index (κ1) is 14.4. The molecule has 2 fully saturated rings. The van der Waals surface area contributed by atoms with Gasteiger partial charge in [0.05, 0.1) is 11.8 Å². The predicted octanol–water partition coefficient (Wildman–Crippen LogP) is 2.67. The van der Waals surface area contributed by atoms with Gasteiger partial charge in [0.2, 0.25) is 5.91 Å². The molecule has 1 N–H and O–H groups in total. The zero-order chi connectivity index (χ0) is 13.8. The number of carboxylic acid groups (broad SMARTS) is 1. The highest BCUT2D eigenvalue weighted by molar-refractivity contribution is 5.85. The number of amides is 1. The minimum Gasteiger partial charge on any atom is -0.481 e. The molecule has 0 bridgehead atoms. The molecule has 4 nitrogen and oxygen atoms in total. The van der Waals surface area contributed by atoms with E-state index < -0.39 is 11.9 Å². The van der Waals surface area contributed by atoms with E-state index in [1.165, 1.54) is 19.3 Å². The van der Waals surface area contributed by atoms with E-state index in [9.17, 15) is 14.7 Å². The lowest BCUT2D eigenvalue weighted by Crippen LogP contribution is -2.45. The molecule has 0 aromatic heterocycles. The fraction of sp³-hybridized carbons (Fsp3) is 0.867. The number of rotatable bonds is 4. The van der Waals surface area contributed by atoms with E-state index in [1.54, 1.807) is 0 Å². The van der Waals surface area contributed by atoms with Gasteiger partial charge in [0, 0.05) is 12.6 Å². The minimum absolute atomic E-state index is 0.0966. The van der Waals surface area contributed by atoms with Gasteiger partial charge in [0.25, 0.3) is 0 Å². The van der Waals surface area contributed by atoms with Crippen LogP contribution >= 0.6 is 0 Å². The molecule has 0 aliphatic heterocycles. The topological polar surface area (TPSA) is 57.6 Å². The summed E-state index contributed by atoms with van der Waals surface area (Å²) in [6.07, 6.45) is 8.11. The van der Waals surface area contributed by atoms with Crippen LogP contribution in [0.25, 0.3) is 0 Å². The standard InChI is InChI=1S/C15H25NO3/c1-2-16(11-7-4-3-5-8-11)14(17)12-9-6-10-13(12)15(18)19/h11-13H,2-10H2,1H3,(H,18,19)/t12-,13+/m1/s1. The van der Waals surface area contributed by atoms with Crippen molar-refractivity contribution in [2.45, 2.75) is 64.3 Å². The highest BCUT2D eigenvalue weighted by Crippen LogP contribution is 2.35. The van der Waals surface area contributed by atoms with Crippen molar-refractivity contribution in [3.8, 4) is 0 Å². The molecule has 1 amide bonds. The fourth-order valence-corrected chi connectivity index (χ4v) is 3.75. The summed E-state index contributed by atoms with van der Waals surface area (Å²) in [4.78, 5) is 25.8. The summed E-state index contributed by atoms with van der Waals surface area (Å²) in [5, 5.41) is 9.23. The Morgan fingerprint density at radius 3 is 2.21 bits per heavy atom. The number of carboxylic acids is 1. The molecule has 0 unspecified atom stereocenters. The van der Waals surface area contributed by atoms with E-state index in [1.807, 2.05) is 11.8 Å². The molecule has 2 aliphatic rings. The maximum absolute atomic E-state index is 12.7. The van der Waals surface area contributed by atoms with Gasteiger partial charge in [-0.15, -0.1) is 0 Å². The van der Waals surface area contributed by atoms with Gasteiger partial charge >= 0.3 is 5.97 Å². The van der Waals surface area contributed by atoms with Crippen molar-refractivity contribution in [3.63, 3.8) is 0 Å². The number of carbonyl (C=O) groups excluding carboxylic acids is 1. The number of aliphatic carboxylic acids is 1. The van der Waals surface area contributed by atoms with Crippen LogP contribution in [0.5, 0.6) is 0 Å². The van der Waals surface area contributed by atoms with Gasteiger partial charge < -0.3 is 10.0 Å². The Morgan fingerprint density at radius 1 is 1.00 bits per heavy atom. The Balaban J connectivity index is 2.05. The summed E-state index contributed by atoms with van der Waals surface area (Å²) >= 11 is 0. The average Bonchev–Trinajstić information content (AvgIpc) is 2.90. The Bertz CT molecular complexity index is 336. The van der Waals surface area contributed by atoms with E-state index in [0.29, 0.717) is 19.0 Å². The smallest absolute Gasteiger partial charge is 0.307 e. The van der Waals surface area contributed by atoms with Crippen LogP contribution in [0.4, 0.5) is 0 Å². The lowest BCUT2D eigenvalue weighted by Gasteiger charge is -2.36. The summed E-state index contributed by atoms with van der Waals surface area (Å²) in [5.74, 6) is -1.43. The van der Waals surface area contributed by atoms with Crippen LogP contribution in [0.15, 0.2) is 0 Å². The highest BCUT2D eigenvalue weighted by atomic mass is 16.4. The molecular formula is C15H25NO3. The first-order chi connectivity index (χ1) is 9.15. The second-order valence-electron chi connectivity index (χ2n) is 5.90. The molecule has 0 radical (unpaired) electrons. The molecule has 2 aliphatic carbocycles. The van der Waals surface area contributed by atoms with Gasteiger partial charge in [0.15, 0.2) is 0 Å². The lowest BCUT2D eigenvalue weighted by molar-refractivity contribution is -0.150. The minimum atomic E-state index is -0.796. The van der Waals surface area contributed by atoms with Crippen molar-refractivity contribution < 1.29 is 14.7 Å². The number of nitrogens with zero attached hydrogens (tertiary/aromatic N) is 1. The van der Waals surface area contributed by atoms with Crippen LogP contribution in [-0.2, 0) is 9.59 Å². The van der Waals surface area contributed by atoms with Crippen molar-refractivity contribution in [1.82, 2.24) is 4.90 Å². The molecule has 108 valence electrons. The molecule has 0 spiro atoms. The molecular weight excluding hydrogens is 242 g/mol. The zero-order valence-electron chi connectivity index (χ0n) is 11.8. The van der Waals surface area contributed by atoms with Crippen molar-refractivity contribution in [3.05, 3.63) is 0 Å². The van der Waals surface area contributed by atoms with Gasteiger partial charge in [-0.05, 0) is 32.6 Å². The highest BCUT2D eigenvalue weighted by Gasteiger charge is 2.40. The van der Waals surface area contributed by atoms with E-state index in [-0.39, 0.29) is 11.8 Å². The van der Waals surface area contributed by atoms with Gasteiger partial charge in [-0.1, -0.05) is 25.7 Å². The SMILES string of the molecule is CCN(C(=O)[C@@H]1CCC[C@@H]1C(=O)O)C1CCCCC1. The summed E-state index contributed by atoms with van der Waals surface area (Å²) in [5.41, 5.74) is 0. The molecule has 0 saturated heterocycles. The van der Waals surface area contributed by atoms with Crippen molar-refractivity contribution in [2.24, 2.45) is 11.8 Å². The Kier molecular flexibility index (Phi) is 4.83. The van der Waals surface area contributed by atoms with Crippen LogP contribution in [0.3, 0.4) is 0 Å². The molecule has 2 rings (SSSR count). The lowest BCUT2D eigenvalue weighted by atomic mass is 9.90. The summed E-state index contributed by atoms with van der Waals surface area (Å²) in [6, 6.07) is 0.348. The summed E-state index contributed by atoms with van der Waals surface area (Å²) in [7, 11) is 0. The average molecular weight is 267 g/mol. The largest absolute Gasteiger partial charge is 0.481 e. The molecule has 0 heterocycles. The summed E-state index contributed by atoms with van der Waals surface area (Å²) < 4.78 is 0. The van der Waals surface area contributed by atoms with E-state index in [0.717, 1.165) is 25.7 Å². The maximum atomic E-state index is 12.7. The van der Waals surface area contributed by atoms with E-state index >= 15 is 0 Å². The van der Waals surface area contributed by atoms with Gasteiger partial charge in [-0.2, -0.15) is 0 Å². The van der Waals surface area contributed by atoms with Crippen LogP contribution in [0.1, 0.15) is 58.3 Å². The number of hydrogen-bond acceptors (Lipinski definition) is 2. The normalized spacial score (nSPS) is 28.3. The van der Waals surface area contributed by atoms with Crippen LogP contribution in [-0.4, -0.2) is 34.5 Å². The van der Waals surface area contributed by atoms with Crippen LogP contribution < -0.4 is 0 Å². The Hall–Kier alpha value is -1.06. The molecule has 2 atom stereocenters. The van der Waals surface area contributed by atoms with Gasteiger partial charge in [-0.3, -0.25) is 9.59 Å². The second kappa shape index (κ2) is 6.40. The third kappa shape index (κ3) is 3.10. The molecule has 0 aromatic rings. The summed E-state index contributed by atoms with van der Waals surface area (Å²) in [6.45, 7) is 2.73. The third-order valence-electron chi connectivity index (χ3n) is 4.79. The van der Waals surface area contributed by atoms with Gasteiger partial charge in [0.1, 0.15) is 0 Å². The van der Waals surface area contributed by atoms with Crippen molar-refractivity contribution >= 4 is 11.9 Å². The Labute approximate surface area is 115 Å². The second-order valence-corrected chi connectivity index (χ2v) is 5.90. The fourth-order valence-electron chi connectivity index (χ4n) is 3.75. The quantitative estimate of drug-likeness (QED) is 0.852. The van der Waals surface area contributed by atoms with E-state index in [2.05, 4.69) is 0 Å². The molecule has 2 saturated carbocycles. The maximum Gasteiger partial charge on any atom is 0.307 e. The Morgan fingerprint density at radius 2 is 1.63 bits per heavy atom. The van der Waals surface area contributed by atoms with Crippen molar-refractivity contribution in [1.29, 1.82) is 0 Å². The molecule has 0 aromatic carbocycles. The van der Waals surface area contributed by atoms with Gasteiger partial charge in [-0.25, -0.2) is 0 Å². The first-order valence-electron chi connectivity index (χ1n) is 7.68. The monoisotopic (exact) mass is 267 g/mol. The number of carbonyl (C=O) groups is 2. The van der Waals surface area contributed by atoms with Crippen LogP contribution in [0, 0.1) is 11.8 Å². The first-order valence-corrected chi connectivity index (χ1v) is 7.68. The molecule has 4 heteroatoms. The van der Waals surface area contributed by atoms with Crippen LogP contribution in [0.2, 0.25) is 0 Å². The predicted molar refractivity (Wildman–Crippen MR) is 72.7 cm³/mol.